The Kier molecular flexibility index (Phi) is 5.82. The molecule has 0 spiro atoms. The number of hydrogen-bond acceptors (Lipinski definition) is 5. The molecule has 1 amide bonds. The molecule has 1 aromatic carbocycles. The zero-order chi connectivity index (χ0) is 20.4. The monoisotopic (exact) mass is 384 g/mol. The van der Waals surface area contributed by atoms with Crippen LogP contribution < -0.4 is 0 Å². The molecule has 1 aliphatic heterocycles. The van der Waals surface area contributed by atoms with E-state index in [1.54, 1.807) is 6.92 Å². The van der Waals surface area contributed by atoms with Crippen LogP contribution in [0.3, 0.4) is 0 Å². The van der Waals surface area contributed by atoms with E-state index in [2.05, 4.69) is 10.2 Å². The molecule has 0 unspecified atom stereocenters. The Bertz CT molecular complexity index is 880. The molecule has 1 saturated heterocycles. The number of carbonyl (C=O) groups excluding carboxylic acids is 2. The van der Waals surface area contributed by atoms with Gasteiger partial charge < -0.3 is 9.64 Å². The third-order valence-electron chi connectivity index (χ3n) is 5.35. The molecule has 28 heavy (non-hydrogen) atoms. The van der Waals surface area contributed by atoms with Gasteiger partial charge >= 0.3 is 5.97 Å². The summed E-state index contributed by atoms with van der Waals surface area (Å²) in [6.07, 6.45) is 3.08. The van der Waals surface area contributed by atoms with Crippen LogP contribution in [0.2, 0.25) is 0 Å². The van der Waals surface area contributed by atoms with Crippen LogP contribution in [0.4, 0.5) is 0 Å². The van der Waals surface area contributed by atoms with E-state index >= 15 is 0 Å². The average Bonchev–Trinajstić information content (AvgIpc) is 3.01. The van der Waals surface area contributed by atoms with Gasteiger partial charge in [0.15, 0.2) is 12.3 Å². The van der Waals surface area contributed by atoms with Crippen molar-refractivity contribution >= 4 is 11.9 Å². The highest BCUT2D eigenvalue weighted by Crippen LogP contribution is 2.22. The van der Waals surface area contributed by atoms with Gasteiger partial charge in [0.05, 0.1) is 11.4 Å². The zero-order valence-electron chi connectivity index (χ0n) is 17.2. The number of aryl methyl sites for hydroxylation is 3. The van der Waals surface area contributed by atoms with Crippen molar-refractivity contribution in [2.75, 3.05) is 6.61 Å². The molecule has 2 heterocycles. The molecule has 0 N–H and O–H groups in total. The van der Waals surface area contributed by atoms with Crippen LogP contribution >= 0.6 is 0 Å². The number of amides is 1. The van der Waals surface area contributed by atoms with Crippen LogP contribution in [-0.2, 0) is 9.53 Å². The van der Waals surface area contributed by atoms with Gasteiger partial charge in [0.1, 0.15) is 0 Å². The molecule has 1 fully saturated rings. The van der Waals surface area contributed by atoms with Crippen molar-refractivity contribution in [1.82, 2.24) is 19.9 Å². The summed E-state index contributed by atoms with van der Waals surface area (Å²) in [5.41, 5.74) is 3.56. The molecule has 0 saturated carbocycles. The van der Waals surface area contributed by atoms with Crippen molar-refractivity contribution in [2.45, 2.75) is 66.0 Å². The van der Waals surface area contributed by atoms with Gasteiger partial charge in [0.25, 0.3) is 5.91 Å². The Balaban J connectivity index is 1.69. The fraction of sp³-hybridized carbons (Fsp3) is 0.524. The highest BCUT2D eigenvalue weighted by Gasteiger charge is 2.30. The van der Waals surface area contributed by atoms with Crippen molar-refractivity contribution in [3.8, 4) is 5.69 Å². The Morgan fingerprint density at radius 3 is 2.43 bits per heavy atom. The first-order valence-electron chi connectivity index (χ1n) is 9.77. The minimum absolute atomic E-state index is 0.132. The Morgan fingerprint density at radius 1 is 1.11 bits per heavy atom. The second-order valence-electron chi connectivity index (χ2n) is 7.72. The Labute approximate surface area is 165 Å². The van der Waals surface area contributed by atoms with Crippen LogP contribution in [0, 0.1) is 20.8 Å². The Hall–Kier alpha value is -2.70. The van der Waals surface area contributed by atoms with Gasteiger partial charge in [-0.1, -0.05) is 17.7 Å². The molecule has 2 atom stereocenters. The lowest BCUT2D eigenvalue weighted by atomic mass is 9.97. The number of hydrogen-bond donors (Lipinski definition) is 0. The van der Waals surface area contributed by atoms with Crippen LogP contribution in [0.1, 0.15) is 60.4 Å². The number of likely N-dealkylation sites (tertiary alicyclic amines) is 1. The molecule has 7 nitrogen and oxygen atoms in total. The molecule has 2 aromatic rings. The Morgan fingerprint density at radius 2 is 1.79 bits per heavy atom. The van der Waals surface area contributed by atoms with E-state index in [-0.39, 0.29) is 30.3 Å². The third-order valence-corrected chi connectivity index (χ3v) is 5.35. The van der Waals surface area contributed by atoms with Gasteiger partial charge in [-0.25, -0.2) is 4.79 Å². The van der Waals surface area contributed by atoms with E-state index in [1.165, 1.54) is 4.80 Å². The summed E-state index contributed by atoms with van der Waals surface area (Å²) in [4.78, 5) is 28.3. The highest BCUT2D eigenvalue weighted by molar-refractivity contribution is 5.90. The van der Waals surface area contributed by atoms with Gasteiger partial charge in [-0.3, -0.25) is 4.79 Å². The van der Waals surface area contributed by atoms with Crippen molar-refractivity contribution in [3.63, 3.8) is 0 Å². The largest absolute Gasteiger partial charge is 0.451 e. The van der Waals surface area contributed by atoms with Gasteiger partial charge in [-0.2, -0.15) is 9.90 Å². The number of esters is 1. The number of rotatable bonds is 4. The number of carbonyl (C=O) groups is 2. The lowest BCUT2D eigenvalue weighted by Crippen LogP contribution is -2.49. The number of nitrogens with zero attached hydrogens (tertiary/aromatic N) is 4. The van der Waals surface area contributed by atoms with Crippen molar-refractivity contribution in [3.05, 3.63) is 40.7 Å². The first-order chi connectivity index (χ1) is 13.3. The molecule has 0 radical (unpaired) electrons. The number of ether oxygens (including phenoxy) is 1. The summed E-state index contributed by atoms with van der Waals surface area (Å²) in [6, 6.07) is 6.26. The maximum atomic E-state index is 12.6. The van der Waals surface area contributed by atoms with Crippen molar-refractivity contribution in [1.29, 1.82) is 0 Å². The maximum Gasteiger partial charge on any atom is 0.361 e. The summed E-state index contributed by atoms with van der Waals surface area (Å²) in [5, 5.41) is 8.64. The van der Waals surface area contributed by atoms with Gasteiger partial charge in [0.2, 0.25) is 0 Å². The van der Waals surface area contributed by atoms with Crippen molar-refractivity contribution < 1.29 is 14.3 Å². The lowest BCUT2D eigenvalue weighted by molar-refractivity contribution is -0.140. The van der Waals surface area contributed by atoms with E-state index < -0.39 is 5.97 Å². The summed E-state index contributed by atoms with van der Waals surface area (Å²) in [5.74, 6) is -0.786. The molecule has 3 rings (SSSR count). The van der Waals surface area contributed by atoms with Gasteiger partial charge in [0, 0.05) is 12.1 Å². The van der Waals surface area contributed by atoms with Gasteiger partial charge in [-0.05, 0) is 65.5 Å². The number of aromatic nitrogens is 3. The molecular weight excluding hydrogens is 356 g/mol. The third kappa shape index (κ3) is 4.08. The van der Waals surface area contributed by atoms with Crippen LogP contribution in [0.5, 0.6) is 0 Å². The second-order valence-corrected chi connectivity index (χ2v) is 7.72. The molecule has 150 valence electrons. The molecule has 7 heteroatoms. The van der Waals surface area contributed by atoms with E-state index in [4.69, 9.17) is 4.74 Å². The SMILES string of the molecule is Cc1ccc(-n2nc(C)c(C(=O)OCC(=O)N3[C@H](C)CCC[C@H]3C)n2)c(C)c1. The van der Waals surface area contributed by atoms with E-state index in [0.717, 1.165) is 36.1 Å². The minimum Gasteiger partial charge on any atom is -0.451 e. The highest BCUT2D eigenvalue weighted by atomic mass is 16.5. The fourth-order valence-electron chi connectivity index (χ4n) is 3.89. The molecular formula is C21H28N4O3. The lowest BCUT2D eigenvalue weighted by Gasteiger charge is -2.38. The van der Waals surface area contributed by atoms with Crippen LogP contribution in [-0.4, -0.2) is 50.5 Å². The predicted octanol–water partition coefficient (Wildman–Crippen LogP) is 3.14. The quantitative estimate of drug-likeness (QED) is 0.757. The predicted molar refractivity (Wildman–Crippen MR) is 105 cm³/mol. The number of piperidine rings is 1. The van der Waals surface area contributed by atoms with Crippen LogP contribution in [0.15, 0.2) is 18.2 Å². The molecule has 0 aliphatic carbocycles. The molecule has 1 aliphatic rings. The second kappa shape index (κ2) is 8.12. The zero-order valence-corrected chi connectivity index (χ0v) is 17.2. The summed E-state index contributed by atoms with van der Waals surface area (Å²) in [6.45, 7) is 9.49. The summed E-state index contributed by atoms with van der Waals surface area (Å²) >= 11 is 0. The normalized spacial score (nSPS) is 19.5. The molecule has 0 bridgehead atoms. The summed E-state index contributed by atoms with van der Waals surface area (Å²) in [7, 11) is 0. The first kappa shape index (κ1) is 20.0. The van der Waals surface area contributed by atoms with E-state index in [1.807, 2.05) is 50.8 Å². The average molecular weight is 384 g/mol. The van der Waals surface area contributed by atoms with E-state index in [0.29, 0.717) is 5.69 Å². The topological polar surface area (TPSA) is 77.3 Å². The van der Waals surface area contributed by atoms with Crippen LogP contribution in [0.25, 0.3) is 5.69 Å². The molecule has 1 aromatic heterocycles. The summed E-state index contributed by atoms with van der Waals surface area (Å²) < 4.78 is 5.27. The van der Waals surface area contributed by atoms with Gasteiger partial charge in [-0.15, -0.1) is 5.10 Å². The maximum absolute atomic E-state index is 12.6. The number of benzene rings is 1. The standard InChI is InChI=1S/C21H28N4O3/c1-13-9-10-18(14(2)11-13)25-22-17(5)20(23-25)21(27)28-12-19(26)24-15(3)7-6-8-16(24)4/h9-11,15-16H,6-8,12H2,1-5H3/t15-,16-/m1/s1. The smallest absolute Gasteiger partial charge is 0.361 e. The first-order valence-corrected chi connectivity index (χ1v) is 9.77. The minimum atomic E-state index is -0.626. The van der Waals surface area contributed by atoms with E-state index in [9.17, 15) is 9.59 Å². The fourth-order valence-corrected chi connectivity index (χ4v) is 3.89. The van der Waals surface area contributed by atoms with Crippen molar-refractivity contribution in [2.24, 2.45) is 0 Å².